The van der Waals surface area contributed by atoms with Gasteiger partial charge in [-0.3, -0.25) is 9.97 Å². The first kappa shape index (κ1) is 17.3. The zero-order valence-corrected chi connectivity index (χ0v) is 15.7. The molecule has 0 aliphatic carbocycles. The number of nitrogens with zero attached hydrogens (tertiary/aromatic N) is 7. The van der Waals surface area contributed by atoms with Crippen LogP contribution in [0.1, 0.15) is 29.6 Å². The summed E-state index contributed by atoms with van der Waals surface area (Å²) in [6.45, 7) is 4.62. The van der Waals surface area contributed by atoms with Crippen molar-refractivity contribution in [2.45, 2.75) is 25.6 Å². The monoisotopic (exact) mass is 379 g/mol. The van der Waals surface area contributed by atoms with E-state index in [2.05, 4.69) is 43.0 Å². The molecule has 4 aromatic rings. The molecule has 0 spiro atoms. The maximum Gasteiger partial charge on any atom is 0.247 e. The standard InChI is InChI=1S/C18H17N7OS/c1-3-25-15(12-4-7-19-8-5-12)21-22-16(25)14(27)18-24-23-17(26-18)13-6-9-20-11(2)10-13/h4-10,14,27H,3H2,1-2H3. The molecule has 4 rings (SSSR count). The van der Waals surface area contributed by atoms with Crippen LogP contribution in [0, 0.1) is 6.92 Å². The van der Waals surface area contributed by atoms with Crippen LogP contribution in [0.15, 0.2) is 47.3 Å². The van der Waals surface area contributed by atoms with Gasteiger partial charge in [-0.1, -0.05) is 0 Å². The minimum absolute atomic E-state index is 0.367. The lowest BCUT2D eigenvalue weighted by atomic mass is 10.2. The number of pyridine rings is 2. The molecule has 27 heavy (non-hydrogen) atoms. The third-order valence-electron chi connectivity index (χ3n) is 4.10. The molecule has 4 aromatic heterocycles. The molecule has 0 aliphatic heterocycles. The molecule has 9 heteroatoms. The maximum atomic E-state index is 5.84. The van der Waals surface area contributed by atoms with Crippen molar-refractivity contribution < 1.29 is 4.42 Å². The number of hydrogen-bond acceptors (Lipinski definition) is 8. The van der Waals surface area contributed by atoms with Crippen LogP contribution in [-0.2, 0) is 6.54 Å². The number of aromatic nitrogens is 7. The van der Waals surface area contributed by atoms with Crippen LogP contribution in [0.5, 0.6) is 0 Å². The summed E-state index contributed by atoms with van der Waals surface area (Å²) < 4.78 is 7.82. The van der Waals surface area contributed by atoms with Crippen molar-refractivity contribution in [3.8, 4) is 22.8 Å². The van der Waals surface area contributed by atoms with E-state index in [4.69, 9.17) is 4.42 Å². The van der Waals surface area contributed by atoms with Crippen molar-refractivity contribution in [1.82, 2.24) is 34.9 Å². The zero-order valence-electron chi connectivity index (χ0n) is 14.8. The second kappa shape index (κ2) is 7.28. The Morgan fingerprint density at radius 3 is 2.56 bits per heavy atom. The topological polar surface area (TPSA) is 95.4 Å². The third kappa shape index (κ3) is 3.33. The first-order valence-electron chi connectivity index (χ1n) is 8.45. The zero-order chi connectivity index (χ0) is 18.8. The van der Waals surface area contributed by atoms with Crippen LogP contribution in [0.2, 0.25) is 0 Å². The second-order valence-corrected chi connectivity index (χ2v) is 6.41. The molecule has 0 fully saturated rings. The van der Waals surface area contributed by atoms with Gasteiger partial charge in [0.05, 0.1) is 0 Å². The quantitative estimate of drug-likeness (QED) is 0.532. The van der Waals surface area contributed by atoms with Gasteiger partial charge < -0.3 is 8.98 Å². The molecule has 8 nitrogen and oxygen atoms in total. The molecule has 4 heterocycles. The van der Waals surface area contributed by atoms with E-state index >= 15 is 0 Å². The summed E-state index contributed by atoms with van der Waals surface area (Å²) in [4.78, 5) is 8.22. The molecule has 136 valence electrons. The van der Waals surface area contributed by atoms with Gasteiger partial charge in [0.1, 0.15) is 5.25 Å². The lowest BCUT2D eigenvalue weighted by molar-refractivity contribution is 0.505. The molecule has 1 unspecified atom stereocenters. The Kier molecular flexibility index (Phi) is 4.68. The third-order valence-corrected chi connectivity index (χ3v) is 4.55. The van der Waals surface area contributed by atoms with Crippen molar-refractivity contribution in [1.29, 1.82) is 0 Å². The second-order valence-electron chi connectivity index (χ2n) is 5.90. The highest BCUT2D eigenvalue weighted by Gasteiger charge is 2.25. The highest BCUT2D eigenvalue weighted by Crippen LogP contribution is 2.30. The Balaban J connectivity index is 1.68. The van der Waals surface area contributed by atoms with E-state index in [9.17, 15) is 0 Å². The predicted octanol–water partition coefficient (Wildman–Crippen LogP) is 3.13. The molecule has 0 aliphatic rings. The molecule has 0 N–H and O–H groups in total. The highest BCUT2D eigenvalue weighted by molar-refractivity contribution is 7.80. The Bertz CT molecular complexity index is 1060. The van der Waals surface area contributed by atoms with Crippen LogP contribution in [0.4, 0.5) is 0 Å². The first-order valence-corrected chi connectivity index (χ1v) is 8.97. The average molecular weight is 379 g/mol. The predicted molar refractivity (Wildman–Crippen MR) is 102 cm³/mol. The van der Waals surface area contributed by atoms with Gasteiger partial charge in [-0.25, -0.2) is 0 Å². The molecule has 0 bridgehead atoms. The molecule has 0 saturated carbocycles. The lowest BCUT2D eigenvalue weighted by Crippen LogP contribution is -2.07. The van der Waals surface area contributed by atoms with Crippen molar-refractivity contribution >= 4 is 12.6 Å². The Hall–Kier alpha value is -3.07. The summed E-state index contributed by atoms with van der Waals surface area (Å²) in [5.41, 5.74) is 2.63. The summed E-state index contributed by atoms with van der Waals surface area (Å²) in [6.07, 6.45) is 5.16. The Morgan fingerprint density at radius 1 is 1.04 bits per heavy atom. The van der Waals surface area contributed by atoms with Gasteiger partial charge in [0, 0.05) is 42.0 Å². The van der Waals surface area contributed by atoms with Gasteiger partial charge in [0.2, 0.25) is 11.8 Å². The fourth-order valence-corrected chi connectivity index (χ4v) is 3.09. The molecule has 0 saturated heterocycles. The summed E-state index contributed by atoms with van der Waals surface area (Å²) in [5, 5.41) is 16.4. The smallest absolute Gasteiger partial charge is 0.247 e. The van der Waals surface area contributed by atoms with Crippen LogP contribution in [0.25, 0.3) is 22.8 Å². The van der Waals surface area contributed by atoms with Crippen LogP contribution >= 0.6 is 12.6 Å². The number of rotatable bonds is 5. The van der Waals surface area contributed by atoms with Gasteiger partial charge in [-0.15, -0.1) is 20.4 Å². The summed E-state index contributed by atoms with van der Waals surface area (Å²) in [6, 6.07) is 7.50. The van der Waals surface area contributed by atoms with Crippen molar-refractivity contribution in [3.05, 3.63) is 60.3 Å². The first-order chi connectivity index (χ1) is 13.2. The molecule has 1 atom stereocenters. The Labute approximate surface area is 161 Å². The van der Waals surface area contributed by atoms with E-state index in [1.165, 1.54) is 0 Å². The fraction of sp³-hybridized carbons (Fsp3) is 0.222. The largest absolute Gasteiger partial charge is 0.419 e. The fourth-order valence-electron chi connectivity index (χ4n) is 2.79. The summed E-state index contributed by atoms with van der Waals surface area (Å²) in [7, 11) is 0. The van der Waals surface area contributed by atoms with Gasteiger partial charge in [0.25, 0.3) is 0 Å². The van der Waals surface area contributed by atoms with E-state index in [1.54, 1.807) is 18.6 Å². The van der Waals surface area contributed by atoms with E-state index < -0.39 is 5.25 Å². The van der Waals surface area contributed by atoms with Crippen LogP contribution in [0.3, 0.4) is 0 Å². The minimum Gasteiger partial charge on any atom is -0.419 e. The van der Waals surface area contributed by atoms with Gasteiger partial charge in [-0.2, -0.15) is 12.6 Å². The number of thiol groups is 1. The summed E-state index contributed by atoms with van der Waals surface area (Å²) >= 11 is 4.66. The van der Waals surface area contributed by atoms with Gasteiger partial charge in [0.15, 0.2) is 11.6 Å². The van der Waals surface area contributed by atoms with Crippen LogP contribution < -0.4 is 0 Å². The molecule has 0 amide bonds. The van der Waals surface area contributed by atoms with Crippen LogP contribution in [-0.4, -0.2) is 34.9 Å². The van der Waals surface area contributed by atoms with E-state index in [1.807, 2.05) is 42.7 Å². The molecule has 0 radical (unpaired) electrons. The minimum atomic E-state index is -0.489. The normalized spacial score (nSPS) is 12.3. The van der Waals surface area contributed by atoms with Gasteiger partial charge in [-0.05, 0) is 38.1 Å². The lowest BCUT2D eigenvalue weighted by Gasteiger charge is -2.10. The van der Waals surface area contributed by atoms with Crippen molar-refractivity contribution in [3.63, 3.8) is 0 Å². The number of aryl methyl sites for hydroxylation is 1. The van der Waals surface area contributed by atoms with Gasteiger partial charge >= 0.3 is 0 Å². The molecular weight excluding hydrogens is 362 g/mol. The molecule has 0 aromatic carbocycles. The van der Waals surface area contributed by atoms with E-state index in [0.717, 1.165) is 22.6 Å². The average Bonchev–Trinajstić information content (AvgIpc) is 3.35. The number of hydrogen-bond donors (Lipinski definition) is 1. The van der Waals surface area contributed by atoms with E-state index in [-0.39, 0.29) is 0 Å². The van der Waals surface area contributed by atoms with Crippen molar-refractivity contribution in [2.24, 2.45) is 0 Å². The Morgan fingerprint density at radius 2 is 1.81 bits per heavy atom. The van der Waals surface area contributed by atoms with Crippen molar-refractivity contribution in [2.75, 3.05) is 0 Å². The molecular formula is C18H17N7OS. The summed E-state index contributed by atoms with van der Waals surface area (Å²) in [5.74, 6) is 2.19. The SMILES string of the molecule is CCn1c(-c2ccncc2)nnc1C(S)c1nnc(-c2ccnc(C)c2)o1. The maximum absolute atomic E-state index is 5.84. The highest BCUT2D eigenvalue weighted by atomic mass is 32.1. The van der Waals surface area contributed by atoms with E-state index in [0.29, 0.717) is 24.2 Å².